The van der Waals surface area contributed by atoms with Crippen LogP contribution in [-0.4, -0.2) is 29.3 Å². The summed E-state index contributed by atoms with van der Waals surface area (Å²) in [7, 11) is 0. The molecule has 19 heavy (non-hydrogen) atoms. The average Bonchev–Trinajstić information content (AvgIpc) is 2.92. The van der Waals surface area contributed by atoms with Crippen LogP contribution in [0.3, 0.4) is 0 Å². The highest BCUT2D eigenvalue weighted by Crippen LogP contribution is 2.24. The van der Waals surface area contributed by atoms with Crippen molar-refractivity contribution in [2.75, 3.05) is 12.4 Å². The maximum Gasteiger partial charge on any atom is 0.254 e. The fourth-order valence-corrected chi connectivity index (χ4v) is 2.92. The molecule has 0 aromatic heterocycles. The number of benzene rings is 1. The summed E-state index contributed by atoms with van der Waals surface area (Å²) in [6.07, 6.45) is 5.27. The molecule has 104 valence electrons. The van der Waals surface area contributed by atoms with Crippen LogP contribution >= 0.6 is 11.6 Å². The van der Waals surface area contributed by atoms with Crippen molar-refractivity contribution in [2.45, 2.75) is 45.1 Å². The number of carbonyl (C=O) groups excluding carboxylic acids is 1. The summed E-state index contributed by atoms with van der Waals surface area (Å²) in [6.45, 7) is 3.01. The lowest BCUT2D eigenvalue weighted by atomic mass is 10.1. The van der Waals surface area contributed by atoms with Gasteiger partial charge in [0.2, 0.25) is 0 Å². The van der Waals surface area contributed by atoms with Crippen LogP contribution in [0.25, 0.3) is 0 Å². The van der Waals surface area contributed by atoms with Gasteiger partial charge in [-0.05, 0) is 49.8 Å². The van der Waals surface area contributed by atoms with E-state index in [4.69, 9.17) is 11.6 Å². The molecule has 0 N–H and O–H groups in total. The Morgan fingerprint density at radius 1 is 1.37 bits per heavy atom. The summed E-state index contributed by atoms with van der Waals surface area (Å²) >= 11 is 5.75. The first-order chi connectivity index (χ1) is 9.26. The second-order valence-corrected chi connectivity index (χ2v) is 5.55. The van der Waals surface area contributed by atoms with Gasteiger partial charge >= 0.3 is 0 Å². The van der Waals surface area contributed by atoms with Gasteiger partial charge in [-0.3, -0.25) is 4.79 Å². The molecule has 1 unspecified atom stereocenters. The molecule has 0 spiro atoms. The van der Waals surface area contributed by atoms with Gasteiger partial charge in [0.25, 0.3) is 5.91 Å². The molecule has 3 heteroatoms. The lowest BCUT2D eigenvalue weighted by Crippen LogP contribution is -2.35. The fraction of sp³-hybridized carbons (Fsp3) is 0.562. The predicted molar refractivity (Wildman–Crippen MR) is 79.8 cm³/mol. The molecule has 1 saturated heterocycles. The van der Waals surface area contributed by atoms with Crippen molar-refractivity contribution in [3.05, 3.63) is 35.4 Å². The van der Waals surface area contributed by atoms with E-state index in [1.54, 1.807) is 0 Å². The molecule has 1 heterocycles. The lowest BCUT2D eigenvalue weighted by Gasteiger charge is -2.24. The molecule has 1 aromatic rings. The molecule has 1 fully saturated rings. The first-order valence-corrected chi connectivity index (χ1v) is 7.75. The van der Waals surface area contributed by atoms with Gasteiger partial charge in [0.1, 0.15) is 0 Å². The Kier molecular flexibility index (Phi) is 5.26. The molecular weight excluding hydrogens is 258 g/mol. The summed E-state index contributed by atoms with van der Waals surface area (Å²) < 4.78 is 0. The molecular formula is C16H22ClNO. The van der Waals surface area contributed by atoms with Crippen molar-refractivity contribution >= 4 is 17.5 Å². The number of carbonyl (C=O) groups is 1. The average molecular weight is 280 g/mol. The molecule has 2 rings (SSSR count). The van der Waals surface area contributed by atoms with E-state index < -0.39 is 0 Å². The molecule has 1 aliphatic heterocycles. The maximum atomic E-state index is 12.5. The standard InChI is InChI=1S/C16H22ClNO/c1-2-13-7-9-14(10-8-13)16(19)18-12-4-6-15(18)5-3-11-17/h7-10,15H,2-6,11-12H2,1H3. The van der Waals surface area contributed by atoms with Gasteiger partial charge in [-0.1, -0.05) is 19.1 Å². The van der Waals surface area contributed by atoms with Crippen molar-refractivity contribution in [2.24, 2.45) is 0 Å². The zero-order chi connectivity index (χ0) is 13.7. The van der Waals surface area contributed by atoms with Crippen LogP contribution in [0.4, 0.5) is 0 Å². The third-order valence-corrected chi connectivity index (χ3v) is 4.19. The van der Waals surface area contributed by atoms with Crippen molar-refractivity contribution in [3.63, 3.8) is 0 Å². The Morgan fingerprint density at radius 2 is 2.11 bits per heavy atom. The smallest absolute Gasteiger partial charge is 0.254 e. The van der Waals surface area contributed by atoms with Crippen molar-refractivity contribution in [1.82, 2.24) is 4.90 Å². The van der Waals surface area contributed by atoms with Crippen LogP contribution in [-0.2, 0) is 6.42 Å². The number of hydrogen-bond acceptors (Lipinski definition) is 1. The number of aryl methyl sites for hydroxylation is 1. The molecule has 1 atom stereocenters. The van der Waals surface area contributed by atoms with Crippen molar-refractivity contribution in [3.8, 4) is 0 Å². The lowest BCUT2D eigenvalue weighted by molar-refractivity contribution is 0.0730. The quantitative estimate of drug-likeness (QED) is 0.749. The van der Waals surface area contributed by atoms with Crippen LogP contribution in [0.15, 0.2) is 24.3 Å². The zero-order valence-electron chi connectivity index (χ0n) is 11.6. The van der Waals surface area contributed by atoms with E-state index in [2.05, 4.69) is 19.1 Å². The highest BCUT2D eigenvalue weighted by Gasteiger charge is 2.28. The Labute approximate surface area is 120 Å². The van der Waals surface area contributed by atoms with Gasteiger partial charge in [-0.2, -0.15) is 0 Å². The Bertz CT molecular complexity index is 415. The normalized spacial score (nSPS) is 18.8. The van der Waals surface area contributed by atoms with E-state index in [-0.39, 0.29) is 5.91 Å². The van der Waals surface area contributed by atoms with Crippen molar-refractivity contribution in [1.29, 1.82) is 0 Å². The SMILES string of the molecule is CCc1ccc(C(=O)N2CCCC2CCCCl)cc1. The maximum absolute atomic E-state index is 12.5. The molecule has 0 saturated carbocycles. The van der Waals surface area contributed by atoms with Crippen LogP contribution < -0.4 is 0 Å². The Balaban J connectivity index is 2.04. The first-order valence-electron chi connectivity index (χ1n) is 7.22. The number of amides is 1. The number of hydrogen-bond donors (Lipinski definition) is 0. The van der Waals surface area contributed by atoms with Crippen LogP contribution in [0.1, 0.15) is 48.5 Å². The molecule has 1 aliphatic rings. The van der Waals surface area contributed by atoms with Crippen LogP contribution in [0.5, 0.6) is 0 Å². The topological polar surface area (TPSA) is 20.3 Å². The number of rotatable bonds is 5. The minimum Gasteiger partial charge on any atom is -0.336 e. The summed E-state index contributed by atoms with van der Waals surface area (Å²) in [5, 5.41) is 0. The molecule has 2 nitrogen and oxygen atoms in total. The highest BCUT2D eigenvalue weighted by atomic mass is 35.5. The largest absolute Gasteiger partial charge is 0.336 e. The fourth-order valence-electron chi connectivity index (χ4n) is 2.76. The van der Waals surface area contributed by atoms with E-state index in [9.17, 15) is 4.79 Å². The third-order valence-electron chi connectivity index (χ3n) is 3.92. The molecule has 1 amide bonds. The van der Waals surface area contributed by atoms with Gasteiger partial charge in [-0.15, -0.1) is 11.6 Å². The van der Waals surface area contributed by atoms with Gasteiger partial charge < -0.3 is 4.90 Å². The first kappa shape index (κ1) is 14.4. The number of nitrogens with zero attached hydrogens (tertiary/aromatic N) is 1. The van der Waals surface area contributed by atoms with Gasteiger partial charge in [0.15, 0.2) is 0 Å². The minimum atomic E-state index is 0.180. The molecule has 0 radical (unpaired) electrons. The van der Waals surface area contributed by atoms with E-state index in [1.165, 1.54) is 5.56 Å². The third kappa shape index (κ3) is 3.50. The molecule has 0 bridgehead atoms. The summed E-state index contributed by atoms with van der Waals surface area (Å²) in [4.78, 5) is 14.5. The Morgan fingerprint density at radius 3 is 2.74 bits per heavy atom. The second kappa shape index (κ2) is 6.95. The summed E-state index contributed by atoms with van der Waals surface area (Å²) in [5.74, 6) is 0.865. The molecule has 1 aromatic carbocycles. The molecule has 0 aliphatic carbocycles. The van der Waals surface area contributed by atoms with Crippen molar-refractivity contribution < 1.29 is 4.79 Å². The van der Waals surface area contributed by atoms with Gasteiger partial charge in [0.05, 0.1) is 0 Å². The second-order valence-electron chi connectivity index (χ2n) is 5.18. The Hall–Kier alpha value is -1.02. The number of likely N-dealkylation sites (tertiary alicyclic amines) is 1. The van der Waals surface area contributed by atoms with Gasteiger partial charge in [0, 0.05) is 24.0 Å². The number of alkyl halides is 1. The van der Waals surface area contributed by atoms with E-state index >= 15 is 0 Å². The minimum absolute atomic E-state index is 0.180. The van der Waals surface area contributed by atoms with E-state index in [1.807, 2.05) is 17.0 Å². The van der Waals surface area contributed by atoms with Gasteiger partial charge in [-0.25, -0.2) is 0 Å². The van der Waals surface area contributed by atoms with E-state index in [0.29, 0.717) is 11.9 Å². The summed E-state index contributed by atoms with van der Waals surface area (Å²) in [5.41, 5.74) is 2.09. The van der Waals surface area contributed by atoms with Crippen LogP contribution in [0.2, 0.25) is 0 Å². The van der Waals surface area contributed by atoms with E-state index in [0.717, 1.165) is 44.2 Å². The predicted octanol–water partition coefficient (Wildman–Crippen LogP) is 3.87. The van der Waals surface area contributed by atoms with Crippen LogP contribution in [0, 0.1) is 0 Å². The zero-order valence-corrected chi connectivity index (χ0v) is 12.3. The monoisotopic (exact) mass is 279 g/mol. The summed E-state index contributed by atoms with van der Waals surface area (Å²) in [6, 6.07) is 8.40. The highest BCUT2D eigenvalue weighted by molar-refractivity contribution is 6.17. The number of halogens is 1.